The van der Waals surface area contributed by atoms with Crippen LogP contribution in [0.15, 0.2) is 43.0 Å². The molecule has 0 bridgehead atoms. The van der Waals surface area contributed by atoms with Crippen LogP contribution in [0, 0.1) is 11.3 Å². The summed E-state index contributed by atoms with van der Waals surface area (Å²) in [5, 5.41) is 15.1. The molecule has 1 saturated carbocycles. The van der Waals surface area contributed by atoms with Crippen LogP contribution in [-0.4, -0.2) is 69.8 Å². The van der Waals surface area contributed by atoms with Gasteiger partial charge in [0.05, 0.1) is 6.54 Å². The summed E-state index contributed by atoms with van der Waals surface area (Å²) in [4.78, 5) is 53.4. The van der Waals surface area contributed by atoms with Gasteiger partial charge in [0.15, 0.2) is 0 Å². The number of nitrogens with zero attached hydrogens (tertiary/aromatic N) is 1. The zero-order chi connectivity index (χ0) is 28.5. The van der Waals surface area contributed by atoms with E-state index in [0.29, 0.717) is 5.75 Å². The molecule has 3 rings (SSSR count). The van der Waals surface area contributed by atoms with Gasteiger partial charge >= 0.3 is 12.1 Å². The lowest BCUT2D eigenvalue weighted by molar-refractivity contribution is -0.146. The van der Waals surface area contributed by atoms with Gasteiger partial charge in [0, 0.05) is 12.3 Å². The summed E-state index contributed by atoms with van der Waals surface area (Å²) in [5.74, 6) is -2.04. The first kappa shape index (κ1) is 29.0. The second-order valence-electron chi connectivity index (χ2n) is 12.1. The Kier molecular flexibility index (Phi) is 8.14. The van der Waals surface area contributed by atoms with Crippen LogP contribution in [0.5, 0.6) is 5.75 Å². The minimum Gasteiger partial charge on any atom is -0.488 e. The Labute approximate surface area is 223 Å². The SMILES string of the molecule is C=C[C@@H]1C[C@]1(NC(=O)[C@@H]1C[C@@H](Oc2ccccc2)CN1C(=O)[C@@H](NC(=O)OC(C)(C)C)C(C)(C)C)C(=O)O. The number of carboxylic acid groups (broad SMARTS) is 1. The number of alkyl carbamates (subject to hydrolysis) is 1. The lowest BCUT2D eigenvalue weighted by Crippen LogP contribution is -2.59. The van der Waals surface area contributed by atoms with Gasteiger partial charge in [-0.15, -0.1) is 6.58 Å². The second-order valence-corrected chi connectivity index (χ2v) is 12.1. The fourth-order valence-electron chi connectivity index (χ4n) is 4.63. The second kappa shape index (κ2) is 10.7. The van der Waals surface area contributed by atoms with E-state index in [1.165, 1.54) is 11.0 Å². The van der Waals surface area contributed by atoms with E-state index >= 15 is 0 Å². The molecule has 1 aliphatic carbocycles. The molecule has 10 nitrogen and oxygen atoms in total. The van der Waals surface area contributed by atoms with E-state index in [0.717, 1.165) is 0 Å². The third kappa shape index (κ3) is 6.65. The molecule has 5 atom stereocenters. The monoisotopic (exact) mass is 529 g/mol. The average Bonchev–Trinajstić information content (AvgIpc) is 3.36. The van der Waals surface area contributed by atoms with Gasteiger partial charge in [-0.2, -0.15) is 0 Å². The van der Waals surface area contributed by atoms with Crippen LogP contribution in [0.4, 0.5) is 4.79 Å². The van der Waals surface area contributed by atoms with E-state index in [2.05, 4.69) is 17.2 Å². The van der Waals surface area contributed by atoms with Gasteiger partial charge in [0.1, 0.15) is 35.1 Å². The third-order valence-electron chi connectivity index (χ3n) is 6.70. The van der Waals surface area contributed by atoms with E-state index in [1.54, 1.807) is 53.7 Å². The lowest BCUT2D eigenvalue weighted by atomic mass is 9.85. The maximum Gasteiger partial charge on any atom is 0.408 e. The number of nitrogens with one attached hydrogen (secondary N) is 2. The Bertz CT molecular complexity index is 1080. The molecule has 208 valence electrons. The molecule has 2 aliphatic rings. The predicted octanol–water partition coefficient (Wildman–Crippen LogP) is 3.12. The third-order valence-corrected chi connectivity index (χ3v) is 6.70. The highest BCUT2D eigenvalue weighted by Gasteiger charge is 2.61. The standard InChI is InChI=1S/C28H39N3O7/c1-8-17-15-28(17,24(34)35)30-22(32)20-14-19(37-18-12-10-9-11-13-18)16-31(20)23(33)21(26(2,3)4)29-25(36)38-27(5,6)7/h8-13,17,19-21H,1,14-16H2,2-7H3,(H,29,36)(H,30,32)(H,34,35)/t17-,19-,20+,21-,28-/m1/s1. The molecule has 1 aromatic rings. The number of carbonyl (C=O) groups is 4. The fraction of sp³-hybridized carbons (Fsp3) is 0.571. The lowest BCUT2D eigenvalue weighted by Gasteiger charge is -2.35. The van der Waals surface area contributed by atoms with Crippen molar-refractivity contribution in [1.82, 2.24) is 15.5 Å². The van der Waals surface area contributed by atoms with Gasteiger partial charge in [0.25, 0.3) is 0 Å². The van der Waals surface area contributed by atoms with Crippen LogP contribution in [0.3, 0.4) is 0 Å². The molecule has 1 heterocycles. The van der Waals surface area contributed by atoms with E-state index in [9.17, 15) is 24.3 Å². The van der Waals surface area contributed by atoms with Crippen molar-refractivity contribution < 1.29 is 33.8 Å². The molecule has 0 spiro atoms. The number of hydrogen-bond acceptors (Lipinski definition) is 6. The Morgan fingerprint density at radius 1 is 1.13 bits per heavy atom. The molecule has 3 N–H and O–H groups in total. The highest BCUT2D eigenvalue weighted by atomic mass is 16.6. The quantitative estimate of drug-likeness (QED) is 0.441. The zero-order valence-corrected chi connectivity index (χ0v) is 22.9. The number of likely N-dealkylation sites (tertiary alicyclic amines) is 1. The zero-order valence-electron chi connectivity index (χ0n) is 22.9. The van der Waals surface area contributed by atoms with Crippen molar-refractivity contribution >= 4 is 23.9 Å². The van der Waals surface area contributed by atoms with Crippen molar-refractivity contribution in [3.05, 3.63) is 43.0 Å². The minimum atomic E-state index is -1.44. The summed E-state index contributed by atoms with van der Waals surface area (Å²) >= 11 is 0. The molecule has 10 heteroatoms. The summed E-state index contributed by atoms with van der Waals surface area (Å²) < 4.78 is 11.4. The Morgan fingerprint density at radius 2 is 1.76 bits per heavy atom. The van der Waals surface area contributed by atoms with Crippen LogP contribution in [-0.2, 0) is 19.1 Å². The van der Waals surface area contributed by atoms with Crippen molar-refractivity contribution in [3.63, 3.8) is 0 Å². The molecule has 2 fully saturated rings. The highest BCUT2D eigenvalue weighted by Crippen LogP contribution is 2.45. The smallest absolute Gasteiger partial charge is 0.408 e. The Morgan fingerprint density at radius 3 is 2.26 bits per heavy atom. The van der Waals surface area contributed by atoms with E-state index in [1.807, 2.05) is 18.2 Å². The maximum atomic E-state index is 13.9. The van der Waals surface area contributed by atoms with Crippen LogP contribution >= 0.6 is 0 Å². The van der Waals surface area contributed by atoms with Gasteiger partial charge in [-0.25, -0.2) is 9.59 Å². The van der Waals surface area contributed by atoms with Crippen LogP contribution < -0.4 is 15.4 Å². The van der Waals surface area contributed by atoms with E-state index in [4.69, 9.17) is 9.47 Å². The summed E-state index contributed by atoms with van der Waals surface area (Å²) in [6, 6.07) is 7.02. The summed E-state index contributed by atoms with van der Waals surface area (Å²) in [7, 11) is 0. The van der Waals surface area contributed by atoms with Gasteiger partial charge in [-0.05, 0) is 44.7 Å². The average molecular weight is 530 g/mol. The van der Waals surface area contributed by atoms with Crippen molar-refractivity contribution in [1.29, 1.82) is 0 Å². The van der Waals surface area contributed by atoms with Crippen molar-refractivity contribution in [2.24, 2.45) is 11.3 Å². The normalized spacial score (nSPS) is 25.6. The first-order chi connectivity index (χ1) is 17.6. The number of benzene rings is 1. The molecule has 1 saturated heterocycles. The Balaban J connectivity index is 1.87. The molecule has 0 aromatic heterocycles. The molecule has 1 aromatic carbocycles. The molecule has 0 unspecified atom stereocenters. The number of amides is 3. The Hall–Kier alpha value is -3.56. The van der Waals surface area contributed by atoms with Crippen molar-refractivity contribution in [3.8, 4) is 5.75 Å². The number of ether oxygens (including phenoxy) is 2. The first-order valence-corrected chi connectivity index (χ1v) is 12.8. The van der Waals surface area contributed by atoms with Crippen LogP contribution in [0.1, 0.15) is 54.4 Å². The van der Waals surface area contributed by atoms with Crippen molar-refractivity contribution in [2.75, 3.05) is 6.54 Å². The highest BCUT2D eigenvalue weighted by molar-refractivity contribution is 5.96. The van der Waals surface area contributed by atoms with Gasteiger partial charge < -0.3 is 30.1 Å². The number of carboxylic acids is 1. The topological polar surface area (TPSA) is 134 Å². The predicted molar refractivity (Wildman–Crippen MR) is 140 cm³/mol. The summed E-state index contributed by atoms with van der Waals surface area (Å²) in [6.07, 6.45) is 0.624. The number of carbonyl (C=O) groups excluding carboxylic acids is 3. The van der Waals surface area contributed by atoms with Gasteiger partial charge in [-0.1, -0.05) is 45.0 Å². The van der Waals surface area contributed by atoms with Crippen molar-refractivity contribution in [2.45, 2.75) is 83.7 Å². The molecule has 1 aliphatic heterocycles. The number of aliphatic carboxylic acids is 1. The summed E-state index contributed by atoms with van der Waals surface area (Å²) in [5.41, 5.74) is -2.93. The summed E-state index contributed by atoms with van der Waals surface area (Å²) in [6.45, 7) is 14.3. The number of para-hydroxylation sites is 1. The molecular formula is C28H39N3O7. The molecule has 38 heavy (non-hydrogen) atoms. The van der Waals surface area contributed by atoms with E-state index < -0.39 is 64.5 Å². The molecule has 3 amide bonds. The molecular weight excluding hydrogens is 490 g/mol. The number of hydrogen-bond donors (Lipinski definition) is 3. The number of rotatable bonds is 8. The van der Waals surface area contributed by atoms with E-state index in [-0.39, 0.29) is 19.4 Å². The van der Waals surface area contributed by atoms with Crippen LogP contribution in [0.2, 0.25) is 0 Å². The van der Waals surface area contributed by atoms with Gasteiger partial charge in [0.2, 0.25) is 11.8 Å². The minimum absolute atomic E-state index is 0.0827. The largest absolute Gasteiger partial charge is 0.488 e. The first-order valence-electron chi connectivity index (χ1n) is 12.8. The molecule has 0 radical (unpaired) electrons. The van der Waals surface area contributed by atoms with Gasteiger partial charge in [-0.3, -0.25) is 9.59 Å². The van der Waals surface area contributed by atoms with Crippen LogP contribution in [0.25, 0.3) is 0 Å². The fourth-order valence-corrected chi connectivity index (χ4v) is 4.63. The maximum absolute atomic E-state index is 13.9.